The number of hydrogen-bond donors (Lipinski definition) is 1. The maximum absolute atomic E-state index is 5.45. The molecule has 0 aliphatic heterocycles. The molecule has 0 unspecified atom stereocenters. The summed E-state index contributed by atoms with van der Waals surface area (Å²) < 4.78 is 10.9. The van der Waals surface area contributed by atoms with Gasteiger partial charge in [0, 0.05) is 38.7 Å². The number of aryl methyl sites for hydroxylation is 1. The molecule has 96 valence electrons. The molecule has 1 rings (SSSR count). The van der Waals surface area contributed by atoms with Crippen LogP contribution in [-0.4, -0.2) is 31.0 Å². The maximum Gasteiger partial charge on any atom is 0.169 e. The van der Waals surface area contributed by atoms with E-state index in [9.17, 15) is 0 Å². The van der Waals surface area contributed by atoms with Gasteiger partial charge in [-0.05, 0) is 38.0 Å². The van der Waals surface area contributed by atoms with E-state index in [1.54, 1.807) is 0 Å². The summed E-state index contributed by atoms with van der Waals surface area (Å²) in [6.45, 7) is 8.83. The Labute approximate surface area is 103 Å². The zero-order valence-electron chi connectivity index (χ0n) is 10.9. The summed E-state index contributed by atoms with van der Waals surface area (Å²) in [5.41, 5.74) is 2.45. The van der Waals surface area contributed by atoms with E-state index in [4.69, 9.17) is 9.47 Å². The molecule has 1 aromatic heterocycles. The highest BCUT2D eigenvalue weighted by Gasteiger charge is 2.07. The molecule has 17 heavy (non-hydrogen) atoms. The van der Waals surface area contributed by atoms with Crippen LogP contribution < -0.4 is 5.32 Å². The van der Waals surface area contributed by atoms with Gasteiger partial charge in [-0.1, -0.05) is 0 Å². The predicted octanol–water partition coefficient (Wildman–Crippen LogP) is 1.88. The van der Waals surface area contributed by atoms with Crippen molar-refractivity contribution < 1.29 is 9.47 Å². The Morgan fingerprint density at radius 1 is 1.29 bits per heavy atom. The van der Waals surface area contributed by atoms with Crippen molar-refractivity contribution in [1.29, 1.82) is 0 Å². The minimum atomic E-state index is -0.165. The molecule has 0 aliphatic rings. The monoisotopic (exact) mass is 238 g/mol. The molecular formula is C13H22N2O2. The van der Waals surface area contributed by atoms with Gasteiger partial charge in [0.05, 0.1) is 0 Å². The van der Waals surface area contributed by atoms with Crippen molar-refractivity contribution in [1.82, 2.24) is 10.3 Å². The summed E-state index contributed by atoms with van der Waals surface area (Å²) in [6, 6.07) is 2.01. The molecule has 1 heterocycles. The van der Waals surface area contributed by atoms with E-state index >= 15 is 0 Å². The van der Waals surface area contributed by atoms with Gasteiger partial charge < -0.3 is 14.8 Å². The second-order valence-corrected chi connectivity index (χ2v) is 3.77. The molecule has 0 bridgehead atoms. The van der Waals surface area contributed by atoms with Gasteiger partial charge in [-0.2, -0.15) is 0 Å². The average molecular weight is 238 g/mol. The Kier molecular flexibility index (Phi) is 6.77. The fourth-order valence-electron chi connectivity index (χ4n) is 1.54. The first-order chi connectivity index (χ1) is 8.27. The van der Waals surface area contributed by atoms with Crippen LogP contribution in [0.15, 0.2) is 18.5 Å². The number of aromatic nitrogens is 1. The van der Waals surface area contributed by atoms with Gasteiger partial charge in [0.1, 0.15) is 0 Å². The standard InChI is InChI=1S/C13H22N2O2/c1-4-16-13(17-5-2)10-15-9-12-8-14-7-6-11(12)3/h6-8,13,15H,4-5,9-10H2,1-3H3. The van der Waals surface area contributed by atoms with Crippen LogP contribution in [0.25, 0.3) is 0 Å². The molecule has 1 N–H and O–H groups in total. The van der Waals surface area contributed by atoms with Gasteiger partial charge in [-0.25, -0.2) is 0 Å². The highest BCUT2D eigenvalue weighted by Crippen LogP contribution is 2.04. The lowest BCUT2D eigenvalue weighted by Crippen LogP contribution is -2.31. The van der Waals surface area contributed by atoms with E-state index in [2.05, 4.69) is 17.2 Å². The number of rotatable bonds is 8. The lowest BCUT2D eigenvalue weighted by atomic mass is 10.1. The first kappa shape index (κ1) is 14.1. The molecule has 0 saturated heterocycles. The Hall–Kier alpha value is -0.970. The summed E-state index contributed by atoms with van der Waals surface area (Å²) >= 11 is 0. The third kappa shape index (κ3) is 5.26. The minimum absolute atomic E-state index is 0.165. The van der Waals surface area contributed by atoms with E-state index in [-0.39, 0.29) is 6.29 Å². The molecule has 0 fully saturated rings. The van der Waals surface area contributed by atoms with Gasteiger partial charge in [-0.15, -0.1) is 0 Å². The van der Waals surface area contributed by atoms with Crippen LogP contribution in [0.2, 0.25) is 0 Å². The third-order valence-electron chi connectivity index (χ3n) is 2.48. The smallest absolute Gasteiger partial charge is 0.169 e. The molecule has 0 aromatic carbocycles. The highest BCUT2D eigenvalue weighted by molar-refractivity contribution is 5.20. The van der Waals surface area contributed by atoms with Crippen LogP contribution >= 0.6 is 0 Å². The SMILES string of the molecule is CCOC(CNCc1cnccc1C)OCC. The molecule has 0 atom stereocenters. The number of ether oxygens (including phenoxy) is 2. The van der Waals surface area contributed by atoms with Crippen molar-refractivity contribution in [3.05, 3.63) is 29.6 Å². The summed E-state index contributed by atoms with van der Waals surface area (Å²) in [7, 11) is 0. The largest absolute Gasteiger partial charge is 0.352 e. The van der Waals surface area contributed by atoms with Crippen LogP contribution in [-0.2, 0) is 16.0 Å². The predicted molar refractivity (Wildman–Crippen MR) is 67.7 cm³/mol. The molecule has 1 aromatic rings. The van der Waals surface area contributed by atoms with E-state index in [0.717, 1.165) is 6.54 Å². The molecule has 0 radical (unpaired) electrons. The van der Waals surface area contributed by atoms with Gasteiger partial charge >= 0.3 is 0 Å². The van der Waals surface area contributed by atoms with E-state index in [0.29, 0.717) is 19.8 Å². The first-order valence-corrected chi connectivity index (χ1v) is 6.11. The second-order valence-electron chi connectivity index (χ2n) is 3.77. The Morgan fingerprint density at radius 2 is 2.00 bits per heavy atom. The Morgan fingerprint density at radius 3 is 2.59 bits per heavy atom. The highest BCUT2D eigenvalue weighted by atomic mass is 16.7. The van der Waals surface area contributed by atoms with Crippen molar-refractivity contribution in [2.45, 2.75) is 33.6 Å². The van der Waals surface area contributed by atoms with Gasteiger partial charge in [-0.3, -0.25) is 4.98 Å². The topological polar surface area (TPSA) is 43.4 Å². The van der Waals surface area contributed by atoms with Crippen LogP contribution in [0.3, 0.4) is 0 Å². The van der Waals surface area contributed by atoms with E-state index in [1.165, 1.54) is 11.1 Å². The van der Waals surface area contributed by atoms with Crippen molar-refractivity contribution in [2.75, 3.05) is 19.8 Å². The molecule has 0 spiro atoms. The number of nitrogens with one attached hydrogen (secondary N) is 1. The summed E-state index contributed by atoms with van der Waals surface area (Å²) in [5.74, 6) is 0. The Balaban J connectivity index is 2.33. The fraction of sp³-hybridized carbons (Fsp3) is 0.615. The zero-order valence-corrected chi connectivity index (χ0v) is 10.9. The van der Waals surface area contributed by atoms with E-state index < -0.39 is 0 Å². The minimum Gasteiger partial charge on any atom is -0.352 e. The van der Waals surface area contributed by atoms with Crippen LogP contribution in [0, 0.1) is 6.92 Å². The molecule has 0 saturated carbocycles. The number of hydrogen-bond acceptors (Lipinski definition) is 4. The maximum atomic E-state index is 5.45. The van der Waals surface area contributed by atoms with Crippen molar-refractivity contribution >= 4 is 0 Å². The summed E-state index contributed by atoms with van der Waals surface area (Å²) in [4.78, 5) is 4.11. The quantitative estimate of drug-likeness (QED) is 0.702. The van der Waals surface area contributed by atoms with Crippen molar-refractivity contribution in [2.24, 2.45) is 0 Å². The molecular weight excluding hydrogens is 216 g/mol. The lowest BCUT2D eigenvalue weighted by molar-refractivity contribution is -0.133. The van der Waals surface area contributed by atoms with Gasteiger partial charge in [0.15, 0.2) is 6.29 Å². The molecule has 4 heteroatoms. The summed E-state index contributed by atoms with van der Waals surface area (Å²) in [5, 5.41) is 3.32. The number of pyridine rings is 1. The van der Waals surface area contributed by atoms with Crippen molar-refractivity contribution in [3.63, 3.8) is 0 Å². The van der Waals surface area contributed by atoms with Gasteiger partial charge in [0.25, 0.3) is 0 Å². The van der Waals surface area contributed by atoms with Crippen molar-refractivity contribution in [3.8, 4) is 0 Å². The average Bonchev–Trinajstić information content (AvgIpc) is 2.32. The molecule has 4 nitrogen and oxygen atoms in total. The molecule has 0 aliphatic carbocycles. The fourth-order valence-corrected chi connectivity index (χ4v) is 1.54. The van der Waals surface area contributed by atoms with E-state index in [1.807, 2.05) is 32.3 Å². The number of nitrogens with zero attached hydrogens (tertiary/aromatic N) is 1. The zero-order chi connectivity index (χ0) is 12.5. The van der Waals surface area contributed by atoms with Crippen LogP contribution in [0.4, 0.5) is 0 Å². The third-order valence-corrected chi connectivity index (χ3v) is 2.48. The second kappa shape index (κ2) is 8.17. The Bertz CT molecular complexity index is 312. The lowest BCUT2D eigenvalue weighted by Gasteiger charge is -2.17. The normalized spacial score (nSPS) is 11.1. The van der Waals surface area contributed by atoms with Crippen LogP contribution in [0.5, 0.6) is 0 Å². The molecule has 0 amide bonds. The van der Waals surface area contributed by atoms with Gasteiger partial charge in [0.2, 0.25) is 0 Å². The van der Waals surface area contributed by atoms with Crippen LogP contribution in [0.1, 0.15) is 25.0 Å². The summed E-state index contributed by atoms with van der Waals surface area (Å²) in [6.07, 6.45) is 3.53. The first-order valence-electron chi connectivity index (χ1n) is 6.11.